The van der Waals surface area contributed by atoms with Gasteiger partial charge in [-0.15, -0.1) is 0 Å². The monoisotopic (exact) mass is 299 g/mol. The van der Waals surface area contributed by atoms with Crippen molar-refractivity contribution >= 4 is 10.0 Å². The molecule has 0 aliphatic rings. The van der Waals surface area contributed by atoms with E-state index in [0.29, 0.717) is 23.0 Å². The first-order valence-corrected chi connectivity index (χ1v) is 7.19. The fraction of sp³-hybridized carbons (Fsp3) is 0.700. The Kier molecular flexibility index (Phi) is 4.97. The van der Waals surface area contributed by atoms with Gasteiger partial charge in [-0.25, -0.2) is 13.4 Å². The Balaban J connectivity index is 3.01. The minimum Gasteiger partial charge on any atom is -0.332 e. The van der Waals surface area contributed by atoms with Crippen molar-refractivity contribution in [2.45, 2.75) is 37.9 Å². The predicted octanol–water partition coefficient (Wildman–Crippen LogP) is 2.07. The number of halogens is 3. The number of sulfonamides is 1. The van der Waals surface area contributed by atoms with Crippen molar-refractivity contribution in [3.05, 3.63) is 12.0 Å². The van der Waals surface area contributed by atoms with Crippen molar-refractivity contribution in [2.24, 2.45) is 0 Å². The summed E-state index contributed by atoms with van der Waals surface area (Å²) < 4.78 is 62.0. The van der Waals surface area contributed by atoms with E-state index >= 15 is 0 Å². The molecule has 1 N–H and O–H groups in total. The Morgan fingerprint density at radius 3 is 2.47 bits per heavy atom. The molecule has 1 heterocycles. The van der Waals surface area contributed by atoms with E-state index in [1.807, 2.05) is 0 Å². The SMILES string of the molecule is CCCCN(CC(F)(F)F)S(=O)(=O)c1cnc(C)[nH]1. The molecule has 19 heavy (non-hydrogen) atoms. The van der Waals surface area contributed by atoms with Gasteiger partial charge in [0, 0.05) is 6.54 Å². The Bertz CT molecular complexity index is 510. The lowest BCUT2D eigenvalue weighted by molar-refractivity contribution is -0.136. The van der Waals surface area contributed by atoms with E-state index in [2.05, 4.69) is 9.97 Å². The maximum absolute atomic E-state index is 12.5. The molecule has 110 valence electrons. The lowest BCUT2D eigenvalue weighted by Gasteiger charge is -2.22. The number of aryl methyl sites for hydroxylation is 1. The summed E-state index contributed by atoms with van der Waals surface area (Å²) in [7, 11) is -4.19. The molecule has 0 saturated carbocycles. The first-order chi connectivity index (χ1) is 8.66. The smallest absolute Gasteiger partial charge is 0.332 e. The van der Waals surface area contributed by atoms with Gasteiger partial charge in [-0.3, -0.25) is 0 Å². The summed E-state index contributed by atoms with van der Waals surface area (Å²) in [5, 5.41) is -0.314. The van der Waals surface area contributed by atoms with Gasteiger partial charge in [0.25, 0.3) is 10.0 Å². The van der Waals surface area contributed by atoms with Crippen LogP contribution in [0.4, 0.5) is 13.2 Å². The number of alkyl halides is 3. The van der Waals surface area contributed by atoms with E-state index in [-0.39, 0.29) is 11.6 Å². The van der Waals surface area contributed by atoms with Crippen LogP contribution >= 0.6 is 0 Å². The van der Waals surface area contributed by atoms with Crippen LogP contribution in [0.3, 0.4) is 0 Å². The second-order valence-electron chi connectivity index (χ2n) is 4.14. The Morgan fingerprint density at radius 1 is 1.42 bits per heavy atom. The molecule has 1 aromatic rings. The van der Waals surface area contributed by atoms with Crippen molar-refractivity contribution in [2.75, 3.05) is 13.1 Å². The zero-order valence-corrected chi connectivity index (χ0v) is 11.5. The molecule has 1 aromatic heterocycles. The highest BCUT2D eigenvalue weighted by Crippen LogP contribution is 2.22. The molecule has 0 aliphatic carbocycles. The number of H-pyrrole nitrogens is 1. The molecule has 0 amide bonds. The van der Waals surface area contributed by atoms with Crippen LogP contribution in [-0.4, -0.2) is 42.0 Å². The number of hydrogen-bond acceptors (Lipinski definition) is 3. The van der Waals surface area contributed by atoms with Crippen molar-refractivity contribution in [1.29, 1.82) is 0 Å². The lowest BCUT2D eigenvalue weighted by atomic mass is 10.3. The molecule has 0 aliphatic heterocycles. The third-order valence-electron chi connectivity index (χ3n) is 2.41. The topological polar surface area (TPSA) is 66.1 Å². The van der Waals surface area contributed by atoms with Gasteiger partial charge < -0.3 is 4.98 Å². The van der Waals surface area contributed by atoms with E-state index in [1.165, 1.54) is 6.92 Å². The number of nitrogens with zero attached hydrogens (tertiary/aromatic N) is 2. The highest BCUT2D eigenvalue weighted by atomic mass is 32.2. The second-order valence-corrected chi connectivity index (χ2v) is 6.05. The first kappa shape index (κ1) is 16.0. The lowest BCUT2D eigenvalue weighted by Crippen LogP contribution is -2.39. The van der Waals surface area contributed by atoms with Crippen molar-refractivity contribution < 1.29 is 21.6 Å². The van der Waals surface area contributed by atoms with Crippen molar-refractivity contribution in [1.82, 2.24) is 14.3 Å². The third kappa shape index (κ3) is 4.50. The van der Waals surface area contributed by atoms with Gasteiger partial charge in [0.2, 0.25) is 0 Å². The molecule has 0 bridgehead atoms. The summed E-state index contributed by atoms with van der Waals surface area (Å²) in [6.07, 6.45) is -2.58. The van der Waals surface area contributed by atoms with Gasteiger partial charge in [0.05, 0.1) is 6.20 Å². The molecule has 5 nitrogen and oxygen atoms in total. The minimum atomic E-state index is -4.57. The number of unbranched alkanes of at least 4 members (excludes halogenated alkanes) is 1. The van der Waals surface area contributed by atoms with Crippen LogP contribution in [0.1, 0.15) is 25.6 Å². The average Bonchev–Trinajstić information content (AvgIpc) is 2.70. The van der Waals surface area contributed by atoms with Crippen LogP contribution in [0.2, 0.25) is 0 Å². The number of aromatic amines is 1. The van der Waals surface area contributed by atoms with Crippen LogP contribution in [0.5, 0.6) is 0 Å². The van der Waals surface area contributed by atoms with Gasteiger partial charge in [0.15, 0.2) is 5.03 Å². The molecule has 0 aromatic carbocycles. The molecular weight excluding hydrogens is 283 g/mol. The van der Waals surface area contributed by atoms with Crippen molar-refractivity contribution in [3.63, 3.8) is 0 Å². The normalized spacial score (nSPS) is 13.2. The summed E-state index contributed by atoms with van der Waals surface area (Å²) in [5.74, 6) is 0.334. The molecular formula is C10H16F3N3O2S. The molecule has 0 radical (unpaired) electrons. The van der Waals surface area contributed by atoms with Crippen LogP contribution in [-0.2, 0) is 10.0 Å². The zero-order chi connectivity index (χ0) is 14.7. The third-order valence-corrected chi connectivity index (χ3v) is 4.17. The van der Waals surface area contributed by atoms with Crippen LogP contribution in [0.25, 0.3) is 0 Å². The standard InChI is InChI=1S/C10H16F3N3O2S/c1-3-4-5-16(7-10(11,12)13)19(17,18)9-6-14-8(2)15-9/h6H,3-5,7H2,1-2H3,(H,14,15). The fourth-order valence-electron chi connectivity index (χ4n) is 1.49. The van der Waals surface area contributed by atoms with Crippen LogP contribution < -0.4 is 0 Å². The molecule has 9 heteroatoms. The predicted molar refractivity (Wildman–Crippen MR) is 63.0 cm³/mol. The number of aromatic nitrogens is 2. The Hall–Kier alpha value is -1.09. The van der Waals surface area contributed by atoms with E-state index in [0.717, 1.165) is 6.20 Å². The summed E-state index contributed by atoms with van der Waals surface area (Å²) >= 11 is 0. The van der Waals surface area contributed by atoms with E-state index in [1.54, 1.807) is 6.92 Å². The average molecular weight is 299 g/mol. The molecule has 0 spiro atoms. The number of hydrogen-bond donors (Lipinski definition) is 1. The highest BCUT2D eigenvalue weighted by molar-refractivity contribution is 7.89. The molecule has 1 rings (SSSR count). The largest absolute Gasteiger partial charge is 0.402 e. The van der Waals surface area contributed by atoms with Gasteiger partial charge >= 0.3 is 6.18 Å². The highest BCUT2D eigenvalue weighted by Gasteiger charge is 2.37. The summed E-state index contributed by atoms with van der Waals surface area (Å²) in [6, 6.07) is 0. The van der Waals surface area contributed by atoms with Gasteiger partial charge in [-0.1, -0.05) is 13.3 Å². The number of nitrogens with one attached hydrogen (secondary N) is 1. The van der Waals surface area contributed by atoms with Crippen LogP contribution in [0, 0.1) is 6.92 Å². The maximum atomic E-state index is 12.5. The summed E-state index contributed by atoms with van der Waals surface area (Å²) in [6.45, 7) is 1.64. The Morgan fingerprint density at radius 2 is 2.05 bits per heavy atom. The first-order valence-electron chi connectivity index (χ1n) is 5.75. The molecule has 0 unspecified atom stereocenters. The van der Waals surface area contributed by atoms with E-state index in [4.69, 9.17) is 0 Å². The minimum absolute atomic E-state index is 0.170. The summed E-state index contributed by atoms with van der Waals surface area (Å²) in [5.41, 5.74) is 0. The summed E-state index contributed by atoms with van der Waals surface area (Å²) in [4.78, 5) is 6.15. The van der Waals surface area contributed by atoms with E-state index in [9.17, 15) is 21.6 Å². The molecule has 0 fully saturated rings. The Labute approximate surface area is 109 Å². The number of rotatable bonds is 6. The van der Waals surface area contributed by atoms with E-state index < -0.39 is 22.7 Å². The molecule has 0 saturated heterocycles. The maximum Gasteiger partial charge on any atom is 0.402 e. The van der Waals surface area contributed by atoms with Gasteiger partial charge in [-0.2, -0.15) is 17.5 Å². The van der Waals surface area contributed by atoms with Crippen LogP contribution in [0.15, 0.2) is 11.2 Å². The van der Waals surface area contributed by atoms with Crippen molar-refractivity contribution in [3.8, 4) is 0 Å². The molecule has 0 atom stereocenters. The fourth-order valence-corrected chi connectivity index (χ4v) is 2.91. The quantitative estimate of drug-likeness (QED) is 0.874. The van der Waals surface area contributed by atoms with Gasteiger partial charge in [-0.05, 0) is 13.3 Å². The number of imidazole rings is 1. The van der Waals surface area contributed by atoms with Gasteiger partial charge in [0.1, 0.15) is 12.4 Å². The second kappa shape index (κ2) is 5.91. The zero-order valence-electron chi connectivity index (χ0n) is 10.7.